The van der Waals surface area contributed by atoms with Crippen molar-refractivity contribution >= 4 is 29.3 Å². The number of carbonyl (C=O) groups excluding carboxylic acids is 1. The molecule has 2 heterocycles. The zero-order valence-corrected chi connectivity index (χ0v) is 19.0. The lowest BCUT2D eigenvalue weighted by Crippen LogP contribution is -2.24. The number of nitrogens with zero attached hydrogens (tertiary/aromatic N) is 8. The highest BCUT2D eigenvalue weighted by molar-refractivity contribution is 5.94. The molecule has 0 atom stereocenters. The highest BCUT2D eigenvalue weighted by Gasteiger charge is 2.25. The van der Waals surface area contributed by atoms with Gasteiger partial charge in [0.15, 0.2) is 5.69 Å². The average Bonchev–Trinajstić information content (AvgIpc) is 3.45. The Morgan fingerprint density at radius 3 is 2.47 bits per heavy atom. The molecule has 174 valence electrons. The van der Waals surface area contributed by atoms with E-state index in [1.54, 1.807) is 6.21 Å². The zero-order valence-electron chi connectivity index (χ0n) is 19.0. The van der Waals surface area contributed by atoms with Crippen LogP contribution in [-0.2, 0) is 6.54 Å². The van der Waals surface area contributed by atoms with Gasteiger partial charge in [-0.3, -0.25) is 4.79 Å². The molecule has 12 heteroatoms. The van der Waals surface area contributed by atoms with Crippen molar-refractivity contribution in [3.63, 3.8) is 0 Å². The van der Waals surface area contributed by atoms with Gasteiger partial charge in [-0.1, -0.05) is 35.5 Å². The molecule has 0 bridgehead atoms. The molecular weight excluding hydrogens is 436 g/mol. The fraction of sp³-hybridized carbons (Fsp3) is 0.182. The summed E-state index contributed by atoms with van der Waals surface area (Å²) in [5, 5.41) is 19.5. The van der Waals surface area contributed by atoms with Crippen LogP contribution in [0.4, 0.5) is 17.2 Å². The summed E-state index contributed by atoms with van der Waals surface area (Å²) in [5.74, 6) is -0.356. The molecular formula is C22H24N10O2. The van der Waals surface area contributed by atoms with Gasteiger partial charge in [-0.15, -0.1) is 5.10 Å². The second-order valence-electron chi connectivity index (χ2n) is 7.65. The molecule has 2 aromatic carbocycles. The zero-order chi connectivity index (χ0) is 24.1. The van der Waals surface area contributed by atoms with Crippen molar-refractivity contribution in [2.24, 2.45) is 5.10 Å². The third kappa shape index (κ3) is 4.85. The number of hydrogen-bond acceptors (Lipinski definition) is 10. The van der Waals surface area contributed by atoms with Gasteiger partial charge in [0.25, 0.3) is 5.91 Å². The molecule has 0 saturated carbocycles. The van der Waals surface area contributed by atoms with Gasteiger partial charge in [-0.05, 0) is 40.1 Å². The first kappa shape index (κ1) is 22.5. The van der Waals surface area contributed by atoms with Gasteiger partial charge in [0.1, 0.15) is 0 Å². The van der Waals surface area contributed by atoms with E-state index in [1.165, 1.54) is 4.68 Å². The fourth-order valence-corrected chi connectivity index (χ4v) is 3.20. The first-order valence-electron chi connectivity index (χ1n) is 10.3. The number of para-hydroxylation sites is 1. The summed E-state index contributed by atoms with van der Waals surface area (Å²) >= 11 is 0. The minimum Gasteiger partial charge on any atom is -0.378 e. The van der Waals surface area contributed by atoms with Crippen molar-refractivity contribution in [2.75, 3.05) is 36.7 Å². The SMILES string of the molecule is CN(C)c1ccc(/C=N\NC(=O)c2nnn(-c3nonc3N)c2CN(C)c2ccccc2)cc1. The van der Waals surface area contributed by atoms with E-state index in [1.807, 2.05) is 85.5 Å². The minimum atomic E-state index is -0.529. The lowest BCUT2D eigenvalue weighted by atomic mass is 10.2. The highest BCUT2D eigenvalue weighted by Crippen LogP contribution is 2.20. The molecule has 12 nitrogen and oxygen atoms in total. The van der Waals surface area contributed by atoms with Crippen LogP contribution < -0.4 is 21.0 Å². The number of nitrogen functional groups attached to an aromatic ring is 1. The van der Waals surface area contributed by atoms with Crippen molar-refractivity contribution in [3.05, 3.63) is 71.5 Å². The molecule has 2 aromatic heterocycles. The second-order valence-corrected chi connectivity index (χ2v) is 7.65. The first-order valence-corrected chi connectivity index (χ1v) is 10.3. The minimum absolute atomic E-state index is 0.0275. The number of benzene rings is 2. The Morgan fingerprint density at radius 2 is 1.82 bits per heavy atom. The molecule has 0 aliphatic carbocycles. The van der Waals surface area contributed by atoms with Gasteiger partial charge in [0, 0.05) is 32.5 Å². The topological polar surface area (TPSA) is 144 Å². The predicted octanol–water partition coefficient (Wildman–Crippen LogP) is 1.70. The lowest BCUT2D eigenvalue weighted by Gasteiger charge is -2.19. The van der Waals surface area contributed by atoms with Crippen LogP contribution in [0, 0.1) is 0 Å². The molecule has 0 radical (unpaired) electrons. The van der Waals surface area contributed by atoms with E-state index in [-0.39, 0.29) is 23.9 Å². The van der Waals surface area contributed by atoms with Crippen LogP contribution >= 0.6 is 0 Å². The Hall–Kier alpha value is -4.74. The number of rotatable bonds is 8. The van der Waals surface area contributed by atoms with Crippen molar-refractivity contribution in [3.8, 4) is 5.82 Å². The van der Waals surface area contributed by atoms with Crippen molar-refractivity contribution in [1.82, 2.24) is 30.7 Å². The monoisotopic (exact) mass is 460 g/mol. The molecule has 34 heavy (non-hydrogen) atoms. The number of hydrogen-bond donors (Lipinski definition) is 2. The summed E-state index contributed by atoms with van der Waals surface area (Å²) in [6, 6.07) is 17.4. The van der Waals surface area contributed by atoms with E-state index >= 15 is 0 Å². The smallest absolute Gasteiger partial charge is 0.293 e. The van der Waals surface area contributed by atoms with Gasteiger partial charge >= 0.3 is 0 Å². The molecule has 3 N–H and O–H groups in total. The number of carbonyl (C=O) groups is 1. The van der Waals surface area contributed by atoms with Crippen LogP contribution in [0.15, 0.2) is 64.3 Å². The number of aromatic nitrogens is 5. The molecule has 0 fully saturated rings. The first-order chi connectivity index (χ1) is 16.4. The second kappa shape index (κ2) is 9.81. The summed E-state index contributed by atoms with van der Waals surface area (Å²) in [7, 11) is 5.81. The maximum Gasteiger partial charge on any atom is 0.293 e. The van der Waals surface area contributed by atoms with E-state index in [9.17, 15) is 4.79 Å². The van der Waals surface area contributed by atoms with E-state index < -0.39 is 5.91 Å². The molecule has 4 aromatic rings. The fourth-order valence-electron chi connectivity index (χ4n) is 3.20. The van der Waals surface area contributed by atoms with Gasteiger partial charge in [0.2, 0.25) is 11.6 Å². The van der Waals surface area contributed by atoms with Gasteiger partial charge in [-0.2, -0.15) is 9.78 Å². The van der Waals surface area contributed by atoms with Crippen LogP contribution in [0.25, 0.3) is 5.82 Å². The van der Waals surface area contributed by atoms with Crippen molar-refractivity contribution in [2.45, 2.75) is 6.54 Å². The predicted molar refractivity (Wildman–Crippen MR) is 128 cm³/mol. The van der Waals surface area contributed by atoms with E-state index in [4.69, 9.17) is 10.4 Å². The number of nitrogens with one attached hydrogen (secondary N) is 1. The van der Waals surface area contributed by atoms with Crippen molar-refractivity contribution in [1.29, 1.82) is 0 Å². The van der Waals surface area contributed by atoms with Gasteiger partial charge in [-0.25, -0.2) is 10.1 Å². The molecule has 0 spiro atoms. The van der Waals surface area contributed by atoms with E-state index in [2.05, 4.69) is 31.2 Å². The number of hydrazone groups is 1. The number of amides is 1. The maximum absolute atomic E-state index is 12.9. The quantitative estimate of drug-likeness (QED) is 0.296. The summed E-state index contributed by atoms with van der Waals surface area (Å²) < 4.78 is 6.03. The van der Waals surface area contributed by atoms with Crippen molar-refractivity contribution < 1.29 is 9.42 Å². The summed E-state index contributed by atoms with van der Waals surface area (Å²) in [5.41, 5.74) is 11.7. The maximum atomic E-state index is 12.9. The van der Waals surface area contributed by atoms with Gasteiger partial charge < -0.3 is 15.5 Å². The Bertz CT molecular complexity index is 1280. The van der Waals surface area contributed by atoms with Crippen LogP contribution in [0.1, 0.15) is 21.7 Å². The van der Waals surface area contributed by atoms with Crippen LogP contribution in [0.2, 0.25) is 0 Å². The third-order valence-electron chi connectivity index (χ3n) is 5.05. The summed E-state index contributed by atoms with van der Waals surface area (Å²) in [6.45, 7) is 0.280. The van der Waals surface area contributed by atoms with E-state index in [0.29, 0.717) is 5.69 Å². The Morgan fingerprint density at radius 1 is 1.09 bits per heavy atom. The Labute approximate surface area is 195 Å². The molecule has 0 aliphatic rings. The molecule has 4 rings (SSSR count). The van der Waals surface area contributed by atoms with Gasteiger partial charge in [0.05, 0.1) is 18.5 Å². The number of anilines is 3. The van der Waals surface area contributed by atoms with Crippen LogP contribution in [-0.4, -0.2) is 58.6 Å². The highest BCUT2D eigenvalue weighted by atomic mass is 16.6. The van der Waals surface area contributed by atoms with Crippen LogP contribution in [0.3, 0.4) is 0 Å². The normalized spacial score (nSPS) is 11.0. The molecule has 0 aliphatic heterocycles. The average molecular weight is 461 g/mol. The van der Waals surface area contributed by atoms with Crippen LogP contribution in [0.5, 0.6) is 0 Å². The largest absolute Gasteiger partial charge is 0.378 e. The molecule has 0 unspecified atom stereocenters. The summed E-state index contributed by atoms with van der Waals surface area (Å²) in [6.07, 6.45) is 1.55. The Balaban J connectivity index is 1.57. The standard InChI is InChI=1S/C22H24N10O2/c1-30(2)16-11-9-15(10-12-16)13-24-26-22(33)19-18(14-31(3)17-7-5-4-6-8-17)32(29-25-19)21-20(23)27-34-28-21/h4-13H,14H2,1-3H3,(H2,23,27)(H,26,33)/b24-13-. The summed E-state index contributed by atoms with van der Waals surface area (Å²) in [4.78, 5) is 16.9. The van der Waals surface area contributed by atoms with E-state index in [0.717, 1.165) is 16.9 Å². The molecule has 0 saturated heterocycles. The Kier molecular flexibility index (Phi) is 6.48. The lowest BCUT2D eigenvalue weighted by molar-refractivity contribution is 0.0949. The third-order valence-corrected chi connectivity index (χ3v) is 5.05. The molecule has 1 amide bonds. The number of nitrogens with two attached hydrogens (primary N) is 1.